The number of imidazole rings is 1. The molecule has 1 aliphatic heterocycles. The highest BCUT2D eigenvalue weighted by Gasteiger charge is 2.47. The van der Waals surface area contributed by atoms with Crippen LogP contribution in [0, 0.1) is 18.6 Å². The molecule has 0 radical (unpaired) electrons. The summed E-state index contributed by atoms with van der Waals surface area (Å²) in [4.78, 5) is 29.2. The van der Waals surface area contributed by atoms with Gasteiger partial charge in [-0.05, 0) is 19.1 Å². The number of nitrogens with zero attached hydrogens (tertiary/aromatic N) is 5. The molecule has 4 heterocycles. The van der Waals surface area contributed by atoms with E-state index in [1.165, 1.54) is 36.3 Å². The molecule has 192 valence electrons. The largest absolute Gasteiger partial charge is 0.387 e. The van der Waals surface area contributed by atoms with Crippen LogP contribution in [0.4, 0.5) is 14.6 Å². The molecule has 1 amide bonds. The minimum Gasteiger partial charge on any atom is -0.387 e. The molecule has 37 heavy (non-hydrogen) atoms. The molecule has 1 fully saturated rings. The van der Waals surface area contributed by atoms with Gasteiger partial charge >= 0.3 is 0 Å². The first kappa shape index (κ1) is 24.6. The molecule has 1 saturated heterocycles. The van der Waals surface area contributed by atoms with Crippen molar-refractivity contribution in [1.29, 1.82) is 0 Å². The monoisotopic (exact) mass is 511 g/mol. The third kappa shape index (κ3) is 4.59. The van der Waals surface area contributed by atoms with E-state index in [-0.39, 0.29) is 34.9 Å². The van der Waals surface area contributed by atoms with Gasteiger partial charge in [-0.15, -0.1) is 0 Å². The number of aryl methyl sites for hydroxylation is 1. The van der Waals surface area contributed by atoms with Crippen molar-refractivity contribution in [3.63, 3.8) is 0 Å². The first-order valence-corrected chi connectivity index (χ1v) is 11.3. The topological polar surface area (TPSA) is 147 Å². The number of nitrogens with one attached hydrogen (secondary N) is 2. The molecule has 4 aromatic rings. The predicted octanol–water partition coefficient (Wildman–Crippen LogP) is 1.45. The molecule has 13 heteroatoms. The quantitative estimate of drug-likeness (QED) is 0.302. The number of anilines is 1. The van der Waals surface area contributed by atoms with Gasteiger partial charge in [0, 0.05) is 30.9 Å². The molecule has 0 aliphatic carbocycles. The first-order chi connectivity index (χ1) is 17.8. The van der Waals surface area contributed by atoms with E-state index in [0.29, 0.717) is 5.56 Å². The van der Waals surface area contributed by atoms with Gasteiger partial charge in [0.15, 0.2) is 35.1 Å². The third-order valence-corrected chi connectivity index (χ3v) is 6.05. The highest BCUT2D eigenvalue weighted by molar-refractivity contribution is 5.85. The number of benzene rings is 1. The Bertz CT molecular complexity index is 1480. The number of halogens is 2. The average molecular weight is 511 g/mol. The molecule has 0 spiro atoms. The Labute approximate surface area is 209 Å². The SMILES string of the molecule is CNC(=O)C1OC(n2cnc3c(NCc4cc(C)ccc4F)nc(-c4cncc(F)c4)nc32)C(O)C1O. The molecule has 4 N–H and O–H groups in total. The standard InChI is InChI=1S/C24H23F2N7O4/c1-11-3-4-15(26)12(5-11)8-29-21-16-22(32-20(31-21)13-6-14(25)9-28-7-13)33(10-30-16)24-18(35)17(34)19(37-24)23(36)27-2/h3-7,9-10,17-19,24,34-35H,8H2,1-2H3,(H,27,36)(H,29,31,32). The molecule has 0 saturated carbocycles. The zero-order chi connectivity index (χ0) is 26.3. The molecule has 3 aromatic heterocycles. The Hall–Kier alpha value is -4.07. The number of rotatable bonds is 6. The fourth-order valence-electron chi connectivity index (χ4n) is 4.16. The number of fused-ring (bicyclic) bond motifs is 1. The number of aliphatic hydroxyl groups excluding tert-OH is 2. The van der Waals surface area contributed by atoms with Gasteiger partial charge in [0.05, 0.1) is 12.5 Å². The van der Waals surface area contributed by atoms with Crippen LogP contribution in [0.15, 0.2) is 43.0 Å². The van der Waals surface area contributed by atoms with Crippen molar-refractivity contribution in [2.24, 2.45) is 0 Å². The van der Waals surface area contributed by atoms with E-state index in [1.54, 1.807) is 12.1 Å². The van der Waals surface area contributed by atoms with Gasteiger partial charge in [-0.3, -0.25) is 14.3 Å². The molecule has 1 aromatic carbocycles. The van der Waals surface area contributed by atoms with E-state index in [9.17, 15) is 23.8 Å². The molecular weight excluding hydrogens is 488 g/mol. The fraction of sp³-hybridized carbons (Fsp3) is 0.292. The predicted molar refractivity (Wildman–Crippen MR) is 127 cm³/mol. The highest BCUT2D eigenvalue weighted by Crippen LogP contribution is 2.33. The molecular formula is C24H23F2N7O4. The second-order valence-corrected chi connectivity index (χ2v) is 8.60. The number of hydrogen-bond donors (Lipinski definition) is 4. The average Bonchev–Trinajstić information content (AvgIpc) is 3.44. The van der Waals surface area contributed by atoms with Gasteiger partial charge in [0.25, 0.3) is 5.91 Å². The van der Waals surface area contributed by atoms with Crippen LogP contribution in [0.3, 0.4) is 0 Å². The minimum atomic E-state index is -1.50. The summed E-state index contributed by atoms with van der Waals surface area (Å²) in [5, 5.41) is 26.5. The Kier molecular flexibility index (Phi) is 6.50. The number of hydrogen-bond acceptors (Lipinski definition) is 9. The molecule has 4 unspecified atom stereocenters. The van der Waals surface area contributed by atoms with Crippen molar-refractivity contribution in [1.82, 2.24) is 29.8 Å². The number of aromatic nitrogens is 5. The van der Waals surface area contributed by atoms with Crippen molar-refractivity contribution >= 4 is 22.9 Å². The van der Waals surface area contributed by atoms with E-state index >= 15 is 0 Å². The van der Waals surface area contributed by atoms with Crippen molar-refractivity contribution in [3.05, 3.63) is 65.7 Å². The van der Waals surface area contributed by atoms with E-state index in [0.717, 1.165) is 11.8 Å². The van der Waals surface area contributed by atoms with Gasteiger partial charge in [0.2, 0.25) is 0 Å². The smallest absolute Gasteiger partial charge is 0.251 e. The van der Waals surface area contributed by atoms with Crippen molar-refractivity contribution in [2.75, 3.05) is 12.4 Å². The lowest BCUT2D eigenvalue weighted by atomic mass is 10.1. The maximum Gasteiger partial charge on any atom is 0.251 e. The second kappa shape index (κ2) is 9.76. The van der Waals surface area contributed by atoms with Crippen LogP contribution < -0.4 is 10.6 Å². The van der Waals surface area contributed by atoms with Gasteiger partial charge in [-0.25, -0.2) is 23.7 Å². The van der Waals surface area contributed by atoms with E-state index < -0.39 is 42.1 Å². The number of likely N-dealkylation sites (N-methyl/N-ethyl adjacent to an activating group) is 1. The van der Waals surface area contributed by atoms with Gasteiger partial charge in [0.1, 0.15) is 23.8 Å². The van der Waals surface area contributed by atoms with E-state index in [2.05, 4.69) is 30.6 Å². The summed E-state index contributed by atoms with van der Waals surface area (Å²) in [5.74, 6) is -1.33. The molecule has 1 aliphatic rings. The Balaban J connectivity index is 1.59. The fourth-order valence-corrected chi connectivity index (χ4v) is 4.16. The normalized spacial score (nSPS) is 21.4. The van der Waals surface area contributed by atoms with Crippen LogP contribution in [0.25, 0.3) is 22.6 Å². The lowest BCUT2D eigenvalue weighted by Gasteiger charge is -2.17. The summed E-state index contributed by atoms with van der Waals surface area (Å²) < 4.78 is 35.3. The van der Waals surface area contributed by atoms with Crippen molar-refractivity contribution < 1.29 is 28.5 Å². The summed E-state index contributed by atoms with van der Waals surface area (Å²) in [5.41, 5.74) is 1.94. The van der Waals surface area contributed by atoms with E-state index in [4.69, 9.17) is 4.74 Å². The lowest BCUT2D eigenvalue weighted by Crippen LogP contribution is -2.41. The number of ether oxygens (including phenoxy) is 1. The molecule has 0 bridgehead atoms. The summed E-state index contributed by atoms with van der Waals surface area (Å²) in [6.45, 7) is 1.91. The zero-order valence-corrected chi connectivity index (χ0v) is 19.8. The van der Waals surface area contributed by atoms with Crippen LogP contribution in [0.2, 0.25) is 0 Å². The van der Waals surface area contributed by atoms with Gasteiger partial charge < -0.3 is 25.6 Å². The summed E-state index contributed by atoms with van der Waals surface area (Å²) in [6.07, 6.45) is -1.78. The van der Waals surface area contributed by atoms with Gasteiger partial charge in [-0.2, -0.15) is 0 Å². The molecule has 4 atom stereocenters. The third-order valence-electron chi connectivity index (χ3n) is 6.05. The molecule has 11 nitrogen and oxygen atoms in total. The van der Waals surface area contributed by atoms with Crippen LogP contribution in [-0.4, -0.2) is 66.0 Å². The Morgan fingerprint density at radius 3 is 2.73 bits per heavy atom. The van der Waals surface area contributed by atoms with Crippen LogP contribution in [0.5, 0.6) is 0 Å². The number of carbonyl (C=O) groups excluding carboxylic acids is 1. The molecule has 5 rings (SSSR count). The van der Waals surface area contributed by atoms with Crippen molar-refractivity contribution in [3.8, 4) is 11.4 Å². The van der Waals surface area contributed by atoms with Gasteiger partial charge in [-0.1, -0.05) is 17.7 Å². The first-order valence-electron chi connectivity index (χ1n) is 11.3. The Morgan fingerprint density at radius 1 is 1.16 bits per heavy atom. The van der Waals surface area contributed by atoms with Crippen LogP contribution in [-0.2, 0) is 16.1 Å². The lowest BCUT2D eigenvalue weighted by molar-refractivity contribution is -0.137. The van der Waals surface area contributed by atoms with Crippen LogP contribution >= 0.6 is 0 Å². The maximum atomic E-state index is 14.4. The summed E-state index contributed by atoms with van der Waals surface area (Å²) >= 11 is 0. The highest BCUT2D eigenvalue weighted by atomic mass is 19.1. The number of aliphatic hydroxyl groups is 2. The summed E-state index contributed by atoms with van der Waals surface area (Å²) in [6, 6.07) is 5.92. The van der Waals surface area contributed by atoms with Crippen molar-refractivity contribution in [2.45, 2.75) is 38.0 Å². The summed E-state index contributed by atoms with van der Waals surface area (Å²) in [7, 11) is 1.38. The number of amides is 1. The number of pyridine rings is 1. The second-order valence-electron chi connectivity index (χ2n) is 8.60. The Morgan fingerprint density at radius 2 is 1.97 bits per heavy atom. The maximum absolute atomic E-state index is 14.4. The van der Waals surface area contributed by atoms with Crippen LogP contribution in [0.1, 0.15) is 17.4 Å². The number of carbonyl (C=O) groups is 1. The minimum absolute atomic E-state index is 0.0628. The van der Waals surface area contributed by atoms with E-state index in [1.807, 2.05) is 6.92 Å². The zero-order valence-electron chi connectivity index (χ0n) is 19.8.